The van der Waals surface area contributed by atoms with Gasteiger partial charge in [-0.25, -0.2) is 13.4 Å². The van der Waals surface area contributed by atoms with Crippen LogP contribution in [0.1, 0.15) is 57.6 Å². The van der Waals surface area contributed by atoms with Crippen LogP contribution in [0.25, 0.3) is 0 Å². The summed E-state index contributed by atoms with van der Waals surface area (Å²) in [4.78, 5) is 29.1. The minimum atomic E-state index is -3.56. The smallest absolute Gasteiger partial charge is 0.282 e. The van der Waals surface area contributed by atoms with Crippen molar-refractivity contribution >= 4 is 78.8 Å². The fourth-order valence-electron chi connectivity index (χ4n) is 5.60. The zero-order chi connectivity index (χ0) is 37.5. The number of hydrogen-bond donors (Lipinski definition) is 2. The van der Waals surface area contributed by atoms with E-state index < -0.39 is 15.1 Å². The van der Waals surface area contributed by atoms with Gasteiger partial charge in [0.15, 0.2) is 15.7 Å². The first-order chi connectivity index (χ1) is 24.1. The highest BCUT2D eigenvalue weighted by Crippen LogP contribution is 2.39. The van der Waals surface area contributed by atoms with Gasteiger partial charge in [0.1, 0.15) is 10.8 Å². The Kier molecular flexibility index (Phi) is 14.4. The number of ether oxygens (including phenoxy) is 1. The van der Waals surface area contributed by atoms with Gasteiger partial charge < -0.3 is 30.1 Å². The Morgan fingerprint density at radius 2 is 1.76 bits per heavy atom. The van der Waals surface area contributed by atoms with Gasteiger partial charge in [0.05, 0.1) is 44.6 Å². The van der Waals surface area contributed by atoms with E-state index in [4.69, 9.17) is 28.6 Å². The van der Waals surface area contributed by atoms with Gasteiger partial charge in [-0.2, -0.15) is 4.98 Å². The number of hydrogen-bond acceptors (Lipinski definition) is 11. The molecule has 0 unspecified atom stereocenters. The maximum absolute atomic E-state index is 13.1. The molecular formula is C36H50ClN7O4S3. The van der Waals surface area contributed by atoms with Crippen LogP contribution in [0, 0.1) is 6.92 Å². The summed E-state index contributed by atoms with van der Waals surface area (Å²) in [5.74, 6) is 1.96. The number of carbonyl (C=O) groups is 1. The largest absolute Gasteiger partial charge is 0.489 e. The summed E-state index contributed by atoms with van der Waals surface area (Å²) in [5, 5.41) is 6.11. The first kappa shape index (κ1) is 40.6. The van der Waals surface area contributed by atoms with Crippen molar-refractivity contribution in [1.82, 2.24) is 24.7 Å². The average molecular weight is 776 g/mol. The molecule has 3 aromatic rings. The number of sulfone groups is 1. The molecule has 15 heteroatoms. The Balaban J connectivity index is 1.47. The van der Waals surface area contributed by atoms with E-state index >= 15 is 0 Å². The van der Waals surface area contributed by atoms with E-state index in [0.29, 0.717) is 36.0 Å². The number of aryl methyl sites for hydroxylation is 1. The first-order valence-corrected chi connectivity index (χ1v) is 20.4. The highest BCUT2D eigenvalue weighted by atomic mass is 35.5. The van der Waals surface area contributed by atoms with Gasteiger partial charge in [0.25, 0.3) is 5.24 Å². The number of halogens is 1. The van der Waals surface area contributed by atoms with E-state index in [2.05, 4.69) is 38.5 Å². The van der Waals surface area contributed by atoms with Crippen molar-refractivity contribution in [1.29, 1.82) is 0 Å². The number of carbonyl (C=O) groups excluding carboxylic acids is 1. The molecule has 0 spiro atoms. The molecule has 0 saturated carbocycles. The Hall–Kier alpha value is -3.17. The fourth-order valence-corrected chi connectivity index (χ4v) is 8.04. The first-order valence-electron chi connectivity index (χ1n) is 17.1. The van der Waals surface area contributed by atoms with Gasteiger partial charge in [-0.05, 0) is 103 Å². The zero-order valence-electron chi connectivity index (χ0n) is 30.7. The molecule has 2 N–H and O–H groups in total. The van der Waals surface area contributed by atoms with Crippen molar-refractivity contribution in [2.24, 2.45) is 0 Å². The third kappa shape index (κ3) is 10.9. The lowest BCUT2D eigenvalue weighted by Gasteiger charge is -2.33. The van der Waals surface area contributed by atoms with Gasteiger partial charge in [-0.15, -0.1) is 0 Å². The van der Waals surface area contributed by atoms with Crippen molar-refractivity contribution in [3.8, 4) is 5.75 Å². The van der Waals surface area contributed by atoms with E-state index in [1.807, 2.05) is 50.9 Å². The number of amides is 1. The maximum atomic E-state index is 13.1. The molecule has 1 aliphatic rings. The van der Waals surface area contributed by atoms with Crippen molar-refractivity contribution in [3.63, 3.8) is 0 Å². The molecule has 2 heterocycles. The lowest BCUT2D eigenvalue weighted by molar-refractivity contribution is 0.205. The monoisotopic (exact) mass is 775 g/mol. The number of thiocarbonyl (C=S) groups is 1. The molecule has 1 saturated heterocycles. The number of para-hydroxylation sites is 1. The lowest BCUT2D eigenvalue weighted by atomic mass is 9.86. The highest BCUT2D eigenvalue weighted by molar-refractivity contribution is 8.14. The second-order valence-corrected chi connectivity index (χ2v) is 17.8. The molecule has 278 valence electrons. The number of likely N-dealkylation sites (tertiary alicyclic amines) is 1. The highest BCUT2D eigenvalue weighted by Gasteiger charge is 2.27. The van der Waals surface area contributed by atoms with Crippen LogP contribution in [0.15, 0.2) is 47.5 Å². The Morgan fingerprint density at radius 1 is 1.08 bits per heavy atom. The third-order valence-corrected chi connectivity index (χ3v) is 12.7. The third-order valence-electron chi connectivity index (χ3n) is 8.61. The van der Waals surface area contributed by atoms with E-state index in [9.17, 15) is 13.2 Å². The number of rotatable bonds is 14. The molecular weight excluding hydrogens is 726 g/mol. The second-order valence-electron chi connectivity index (χ2n) is 13.5. The maximum Gasteiger partial charge on any atom is 0.282 e. The predicted octanol–water partition coefficient (Wildman–Crippen LogP) is 7.75. The number of benzene rings is 2. The molecule has 1 amide bonds. The van der Waals surface area contributed by atoms with E-state index in [-0.39, 0.29) is 38.9 Å². The van der Waals surface area contributed by atoms with Crippen LogP contribution in [-0.2, 0) is 9.84 Å². The van der Waals surface area contributed by atoms with Gasteiger partial charge in [-0.3, -0.25) is 4.79 Å². The van der Waals surface area contributed by atoms with Crippen LogP contribution in [0.2, 0.25) is 5.02 Å². The van der Waals surface area contributed by atoms with Crippen LogP contribution < -0.4 is 15.4 Å². The quantitative estimate of drug-likeness (QED) is 0.156. The fraction of sp³-hybridized carbons (Fsp3) is 0.500. The predicted molar refractivity (Wildman–Crippen MR) is 214 cm³/mol. The van der Waals surface area contributed by atoms with E-state index in [0.717, 1.165) is 36.5 Å². The minimum absolute atomic E-state index is 0.0683. The summed E-state index contributed by atoms with van der Waals surface area (Å²) in [5.41, 5.74) is 3.33. The van der Waals surface area contributed by atoms with E-state index in [1.165, 1.54) is 23.5 Å². The molecule has 11 nitrogen and oxygen atoms in total. The molecule has 1 aliphatic heterocycles. The topological polar surface area (TPSA) is 120 Å². The molecule has 1 fully saturated rings. The summed E-state index contributed by atoms with van der Waals surface area (Å²) in [6.07, 6.45) is 3.07. The Morgan fingerprint density at radius 3 is 2.41 bits per heavy atom. The van der Waals surface area contributed by atoms with Gasteiger partial charge in [0, 0.05) is 33.2 Å². The molecule has 4 rings (SSSR count). The standard InChI is InChI=1S/C36H50ClN7O4S3/c1-23(2)48-31-20-27(26-13-15-44(16-14-26)36(45)50-22-33(49)43(8)18-17-42(6)7)25(5)19-30(31)40-35-38-21-28(37)34(41-35)39-29-11-9-10-12-32(29)51(46,47)24(3)4/h9-12,19-21,23-24,26H,13-18,22H2,1-8H3,(H2,38,39,40,41). The minimum Gasteiger partial charge on any atom is -0.489 e. The van der Waals surface area contributed by atoms with Crippen LogP contribution in [0.3, 0.4) is 0 Å². The van der Waals surface area contributed by atoms with Crippen LogP contribution in [0.5, 0.6) is 5.75 Å². The van der Waals surface area contributed by atoms with Crippen LogP contribution in [0.4, 0.5) is 27.9 Å². The van der Waals surface area contributed by atoms with Crippen molar-refractivity contribution in [3.05, 3.63) is 58.7 Å². The summed E-state index contributed by atoms with van der Waals surface area (Å²) >= 11 is 13.3. The molecule has 0 atom stereocenters. The SMILES string of the molecule is Cc1cc(Nc2ncc(Cl)c(Nc3ccccc3S(=O)(=O)C(C)C)n2)c(OC(C)C)cc1C1CCN(C(=O)SCC(=S)N(C)CCN(C)C)CC1. The lowest BCUT2D eigenvalue weighted by Crippen LogP contribution is -2.37. The summed E-state index contributed by atoms with van der Waals surface area (Å²) < 4.78 is 32.3. The Labute approximate surface area is 317 Å². The molecule has 51 heavy (non-hydrogen) atoms. The summed E-state index contributed by atoms with van der Waals surface area (Å²) in [6.45, 7) is 12.4. The van der Waals surface area contributed by atoms with Gasteiger partial charge >= 0.3 is 0 Å². The van der Waals surface area contributed by atoms with Crippen molar-refractivity contribution in [2.45, 2.75) is 69.6 Å². The zero-order valence-corrected chi connectivity index (χ0v) is 33.9. The average Bonchev–Trinajstić information content (AvgIpc) is 3.08. The van der Waals surface area contributed by atoms with Gasteiger partial charge in [-0.1, -0.05) is 47.7 Å². The number of nitrogens with one attached hydrogen (secondary N) is 2. The number of nitrogens with zero attached hydrogens (tertiary/aromatic N) is 5. The van der Waals surface area contributed by atoms with Crippen molar-refractivity contribution in [2.75, 3.05) is 63.7 Å². The number of aromatic nitrogens is 2. The normalized spacial score (nSPS) is 13.9. The number of thioether (sulfide) groups is 1. The molecule has 1 aromatic heterocycles. The van der Waals surface area contributed by atoms with Gasteiger partial charge in [0.2, 0.25) is 5.95 Å². The van der Waals surface area contributed by atoms with E-state index in [1.54, 1.807) is 38.1 Å². The second kappa shape index (κ2) is 18.0. The Bertz CT molecular complexity index is 1800. The molecule has 0 aliphatic carbocycles. The molecule has 0 radical (unpaired) electrons. The number of piperidine rings is 1. The van der Waals surface area contributed by atoms with Crippen LogP contribution in [-0.4, -0.2) is 108 Å². The summed E-state index contributed by atoms with van der Waals surface area (Å²) in [6, 6.07) is 10.8. The molecule has 2 aromatic carbocycles. The molecule has 0 bridgehead atoms. The van der Waals surface area contributed by atoms with Crippen LogP contribution >= 0.6 is 35.6 Å². The van der Waals surface area contributed by atoms with Crippen molar-refractivity contribution < 1.29 is 17.9 Å². The summed E-state index contributed by atoms with van der Waals surface area (Å²) in [7, 11) is 2.47. The number of anilines is 4. The number of likely N-dealkylation sites (N-methyl/N-ethyl adjacent to an activating group) is 2.